The molecule has 2 fully saturated rings. The first-order valence-corrected chi connectivity index (χ1v) is 11.9. The number of amides is 1. The zero-order valence-corrected chi connectivity index (χ0v) is 21.0. The molecule has 2 aliphatic heterocycles. The van der Waals surface area contributed by atoms with E-state index in [-0.39, 0.29) is 6.03 Å². The average Bonchev–Trinajstić information content (AvgIpc) is 3.56. The smallest absolute Gasteiger partial charge is 0.344 e. The number of aldehydes is 1. The molecular formula is C25H30ClN7O2. The van der Waals surface area contributed by atoms with Crippen molar-refractivity contribution in [1.29, 1.82) is 0 Å². The second-order valence-electron chi connectivity index (χ2n) is 9.11. The van der Waals surface area contributed by atoms with Gasteiger partial charge in [0.05, 0.1) is 18.1 Å². The fourth-order valence-electron chi connectivity index (χ4n) is 4.71. The van der Waals surface area contributed by atoms with E-state index in [1.165, 1.54) is 17.9 Å². The van der Waals surface area contributed by atoms with Crippen LogP contribution in [0.1, 0.15) is 12.5 Å². The predicted molar refractivity (Wildman–Crippen MR) is 135 cm³/mol. The van der Waals surface area contributed by atoms with Gasteiger partial charge in [-0.15, -0.1) is 0 Å². The monoisotopic (exact) mass is 495 g/mol. The Morgan fingerprint density at radius 1 is 1.09 bits per heavy atom. The molecule has 0 aliphatic carbocycles. The molecule has 1 amide bonds. The topological polar surface area (TPSA) is 87.5 Å². The molecule has 3 aromatic rings. The molecule has 1 aromatic carbocycles. The molecule has 2 saturated heterocycles. The van der Waals surface area contributed by atoms with E-state index in [1.807, 2.05) is 30.0 Å². The largest absolute Gasteiger partial charge is 0.375 e. The summed E-state index contributed by atoms with van der Waals surface area (Å²) in [6.45, 7) is 5.76. The van der Waals surface area contributed by atoms with Gasteiger partial charge < -0.3 is 14.6 Å². The second-order valence-corrected chi connectivity index (χ2v) is 9.52. The summed E-state index contributed by atoms with van der Waals surface area (Å²) in [4.78, 5) is 36.1. The van der Waals surface area contributed by atoms with Gasteiger partial charge in [0.1, 0.15) is 12.6 Å². The summed E-state index contributed by atoms with van der Waals surface area (Å²) in [5.41, 5.74) is 4.01. The minimum absolute atomic E-state index is 0.0393. The molecule has 0 saturated carbocycles. The van der Waals surface area contributed by atoms with E-state index in [0.29, 0.717) is 11.8 Å². The van der Waals surface area contributed by atoms with Crippen LogP contribution in [-0.2, 0) is 11.3 Å². The summed E-state index contributed by atoms with van der Waals surface area (Å²) in [5.74, 6) is 0.977. The second kappa shape index (κ2) is 11.0. The van der Waals surface area contributed by atoms with Crippen LogP contribution in [-0.4, -0.2) is 82.1 Å². The molecule has 35 heavy (non-hydrogen) atoms. The Morgan fingerprint density at radius 2 is 1.74 bits per heavy atom. The first-order valence-electron chi connectivity index (χ1n) is 11.6. The summed E-state index contributed by atoms with van der Waals surface area (Å²) in [6.07, 6.45) is 9.36. The van der Waals surface area contributed by atoms with Gasteiger partial charge in [-0.25, -0.2) is 14.8 Å². The zero-order chi connectivity index (χ0) is 24.9. The maximum absolute atomic E-state index is 12.8. The van der Waals surface area contributed by atoms with Crippen LogP contribution in [0.25, 0.3) is 11.1 Å². The lowest BCUT2D eigenvalue weighted by Crippen LogP contribution is -2.36. The molecule has 0 N–H and O–H groups in total. The third-order valence-corrected chi connectivity index (χ3v) is 6.81. The Kier molecular flexibility index (Phi) is 7.77. The van der Waals surface area contributed by atoms with Crippen LogP contribution in [0.3, 0.4) is 0 Å². The molecule has 2 unspecified atom stereocenters. The average molecular weight is 496 g/mol. The van der Waals surface area contributed by atoms with Crippen LogP contribution in [0.15, 0.2) is 49.3 Å². The van der Waals surface area contributed by atoms with Gasteiger partial charge >= 0.3 is 6.03 Å². The Morgan fingerprint density at radius 3 is 2.31 bits per heavy atom. The Balaban J connectivity index is 0.000000917. The predicted octanol–water partition coefficient (Wildman–Crippen LogP) is 3.30. The van der Waals surface area contributed by atoms with E-state index < -0.39 is 0 Å². The van der Waals surface area contributed by atoms with Gasteiger partial charge in [-0.05, 0) is 36.0 Å². The molecule has 0 radical (unpaired) electrons. The standard InChI is InChI=1S/C23H26ClN7O.C2H4O/c1-28(2)21-8-27-31(14-21)23(32)30-12-19-10-29(11-20(19)13-30)9-17-4-3-16(5-22(17)24)18-6-25-15-26-7-18;1-2-3/h3-8,14-15,19-20H,9-13H2,1-2H3;2H,1H3. The van der Waals surface area contributed by atoms with E-state index in [4.69, 9.17) is 16.4 Å². The van der Waals surface area contributed by atoms with Gasteiger partial charge in [-0.2, -0.15) is 9.78 Å². The van der Waals surface area contributed by atoms with Crippen LogP contribution < -0.4 is 4.90 Å². The molecule has 0 spiro atoms. The van der Waals surface area contributed by atoms with Gasteiger partial charge in [0, 0.05) is 69.8 Å². The van der Waals surface area contributed by atoms with Crippen LogP contribution in [0.5, 0.6) is 0 Å². The number of benzene rings is 1. The highest BCUT2D eigenvalue weighted by Gasteiger charge is 2.42. The minimum Gasteiger partial charge on any atom is -0.375 e. The third kappa shape index (κ3) is 5.68. The maximum Gasteiger partial charge on any atom is 0.344 e. The van der Waals surface area contributed by atoms with E-state index in [2.05, 4.69) is 32.1 Å². The summed E-state index contributed by atoms with van der Waals surface area (Å²) < 4.78 is 1.45. The first kappa shape index (κ1) is 24.8. The number of rotatable bonds is 4. The van der Waals surface area contributed by atoms with E-state index in [0.717, 1.165) is 66.4 Å². The van der Waals surface area contributed by atoms with E-state index in [9.17, 15) is 4.79 Å². The number of halogens is 1. The highest BCUT2D eigenvalue weighted by atomic mass is 35.5. The van der Waals surface area contributed by atoms with E-state index in [1.54, 1.807) is 24.8 Å². The highest BCUT2D eigenvalue weighted by Crippen LogP contribution is 2.34. The van der Waals surface area contributed by atoms with Crippen molar-refractivity contribution in [1.82, 2.24) is 29.5 Å². The summed E-state index contributed by atoms with van der Waals surface area (Å²) >= 11 is 6.60. The Hall–Kier alpha value is -3.30. The van der Waals surface area contributed by atoms with Crippen molar-refractivity contribution in [2.45, 2.75) is 13.5 Å². The number of hydrogen-bond donors (Lipinski definition) is 0. The van der Waals surface area contributed by atoms with Gasteiger partial charge in [0.2, 0.25) is 0 Å². The lowest BCUT2D eigenvalue weighted by Gasteiger charge is -2.22. The van der Waals surface area contributed by atoms with Crippen molar-refractivity contribution < 1.29 is 9.59 Å². The minimum atomic E-state index is -0.0393. The number of anilines is 1. The maximum atomic E-state index is 12.8. The van der Waals surface area contributed by atoms with E-state index >= 15 is 0 Å². The molecule has 10 heteroatoms. The van der Waals surface area contributed by atoms with Crippen molar-refractivity contribution in [2.75, 3.05) is 45.2 Å². The third-order valence-electron chi connectivity index (χ3n) is 6.45. The van der Waals surface area contributed by atoms with Crippen molar-refractivity contribution >= 4 is 29.6 Å². The number of hydrogen-bond acceptors (Lipinski definition) is 7. The zero-order valence-electron chi connectivity index (χ0n) is 20.2. The number of carbonyl (C=O) groups is 2. The molecule has 4 heterocycles. The Bertz CT molecular complexity index is 1150. The van der Waals surface area contributed by atoms with Crippen molar-refractivity contribution in [3.63, 3.8) is 0 Å². The van der Waals surface area contributed by atoms with Crippen LogP contribution >= 0.6 is 11.6 Å². The number of aromatic nitrogens is 4. The van der Waals surface area contributed by atoms with Gasteiger partial charge in [0.15, 0.2) is 0 Å². The van der Waals surface area contributed by atoms with Crippen molar-refractivity contribution in [3.8, 4) is 11.1 Å². The first-order chi connectivity index (χ1) is 16.9. The number of nitrogens with zero attached hydrogens (tertiary/aromatic N) is 7. The highest BCUT2D eigenvalue weighted by molar-refractivity contribution is 6.31. The number of likely N-dealkylation sites (tertiary alicyclic amines) is 2. The van der Waals surface area contributed by atoms with Crippen LogP contribution in [0.2, 0.25) is 5.02 Å². The molecule has 2 aliphatic rings. The lowest BCUT2D eigenvalue weighted by atomic mass is 10.0. The van der Waals surface area contributed by atoms with Gasteiger partial charge in [-0.3, -0.25) is 4.90 Å². The number of carbonyl (C=O) groups excluding carboxylic acids is 2. The van der Waals surface area contributed by atoms with Gasteiger partial charge in [0.25, 0.3) is 0 Å². The normalized spacial score (nSPS) is 19.1. The van der Waals surface area contributed by atoms with Gasteiger partial charge in [-0.1, -0.05) is 23.7 Å². The molecule has 2 atom stereocenters. The summed E-state index contributed by atoms with van der Waals surface area (Å²) in [6, 6.07) is 6.11. The lowest BCUT2D eigenvalue weighted by molar-refractivity contribution is -0.106. The number of fused-ring (bicyclic) bond motifs is 1. The molecule has 9 nitrogen and oxygen atoms in total. The molecule has 5 rings (SSSR count). The Labute approximate surface area is 210 Å². The fraction of sp³-hybridized carbons (Fsp3) is 0.400. The molecular weight excluding hydrogens is 466 g/mol. The fourth-order valence-corrected chi connectivity index (χ4v) is 4.95. The molecule has 0 bridgehead atoms. The summed E-state index contributed by atoms with van der Waals surface area (Å²) in [5, 5.41) is 5.00. The van der Waals surface area contributed by atoms with Crippen molar-refractivity contribution in [2.24, 2.45) is 11.8 Å². The molecule has 2 aromatic heterocycles. The molecule has 184 valence electrons. The van der Waals surface area contributed by atoms with Crippen LogP contribution in [0.4, 0.5) is 10.5 Å². The van der Waals surface area contributed by atoms with Crippen molar-refractivity contribution in [3.05, 3.63) is 59.9 Å². The van der Waals surface area contributed by atoms with Crippen LogP contribution in [0, 0.1) is 11.8 Å². The SMILES string of the molecule is CC=O.CN(C)c1cnn(C(=O)N2CC3CN(Cc4ccc(-c5cncnc5)cc4Cl)CC3C2)c1. The summed E-state index contributed by atoms with van der Waals surface area (Å²) in [7, 11) is 3.88. The quantitative estimate of drug-likeness (QED) is 0.513.